The number of hydrogen-bond acceptors (Lipinski definition) is 11. The zero-order chi connectivity index (χ0) is 44.8. The third-order valence-corrected chi connectivity index (χ3v) is 15.9. The summed E-state index contributed by atoms with van der Waals surface area (Å²) in [6, 6.07) is 30.6. The highest BCUT2D eigenvalue weighted by molar-refractivity contribution is 7.90. The highest BCUT2D eigenvalue weighted by Crippen LogP contribution is 2.35. The minimum absolute atomic E-state index is 0.0145. The molecule has 324 valence electrons. The van der Waals surface area contributed by atoms with Gasteiger partial charge in [-0.05, 0) is 130 Å². The van der Waals surface area contributed by atoms with Crippen molar-refractivity contribution in [3.8, 4) is 35.1 Å². The number of aryl methyl sites for hydroxylation is 5. The summed E-state index contributed by atoms with van der Waals surface area (Å²) in [4.78, 5) is 0.0726. The van der Waals surface area contributed by atoms with Gasteiger partial charge in [-0.2, -0.15) is 23.4 Å². The Morgan fingerprint density at radius 2 is 0.839 bits per heavy atom. The molecule has 0 unspecified atom stereocenters. The predicted molar refractivity (Wildman–Crippen MR) is 235 cm³/mol. The lowest BCUT2D eigenvalue weighted by Gasteiger charge is -2.33. The molecule has 14 nitrogen and oxygen atoms in total. The van der Waals surface area contributed by atoms with Crippen molar-refractivity contribution in [2.75, 3.05) is 52.4 Å². The number of rotatable bonds is 10. The highest BCUT2D eigenvalue weighted by atomic mass is 32.2. The summed E-state index contributed by atoms with van der Waals surface area (Å²) in [5.41, 5.74) is 5.40. The monoisotopic (exact) mass is 896 g/mol. The van der Waals surface area contributed by atoms with Gasteiger partial charge in [0.15, 0.2) is 0 Å². The van der Waals surface area contributed by atoms with Gasteiger partial charge in [-0.1, -0.05) is 29.8 Å². The van der Waals surface area contributed by atoms with Crippen molar-refractivity contribution in [3.05, 3.63) is 136 Å². The van der Waals surface area contributed by atoms with Gasteiger partial charge in [-0.25, -0.2) is 25.3 Å². The van der Waals surface area contributed by atoms with Crippen LogP contribution < -0.4 is 14.8 Å². The van der Waals surface area contributed by atoms with Gasteiger partial charge in [-0.15, -0.1) is 0 Å². The normalized spacial score (nSPS) is 15.4. The molecule has 2 heterocycles. The van der Waals surface area contributed by atoms with Crippen LogP contribution in [-0.2, 0) is 30.1 Å². The van der Waals surface area contributed by atoms with Crippen molar-refractivity contribution >= 4 is 30.1 Å². The molecule has 0 saturated carbocycles. The highest BCUT2D eigenvalue weighted by Gasteiger charge is 2.36. The van der Waals surface area contributed by atoms with Crippen molar-refractivity contribution in [3.63, 3.8) is 0 Å². The molecule has 62 heavy (non-hydrogen) atoms. The Balaban J connectivity index is 0.000000218. The molecule has 5 aromatic rings. The van der Waals surface area contributed by atoms with Crippen LogP contribution in [0.4, 0.5) is 0 Å². The number of piperazine rings is 2. The maximum Gasteiger partial charge on any atom is 0.246 e. The molecular weight excluding hydrogens is 849 g/mol. The van der Waals surface area contributed by atoms with Crippen LogP contribution in [0.25, 0.3) is 0 Å². The van der Waals surface area contributed by atoms with Crippen LogP contribution in [0.5, 0.6) is 23.0 Å². The Hall–Kier alpha value is -5.63. The van der Waals surface area contributed by atoms with Crippen molar-refractivity contribution in [1.29, 1.82) is 10.5 Å². The van der Waals surface area contributed by atoms with E-state index in [4.69, 9.17) is 9.47 Å². The van der Waals surface area contributed by atoms with Gasteiger partial charge in [0, 0.05) is 52.4 Å². The Bertz CT molecular complexity index is 2840. The average Bonchev–Trinajstić information content (AvgIpc) is 3.24. The molecule has 0 atom stereocenters. The number of hydrogen-bond donors (Lipinski definition) is 1. The molecule has 0 amide bonds. The summed E-state index contributed by atoms with van der Waals surface area (Å²) in [7, 11) is -11.6. The van der Waals surface area contributed by atoms with E-state index in [1.54, 1.807) is 48.5 Å². The topological polar surface area (TPSA) is 190 Å². The molecule has 2 aliphatic rings. The SMILES string of the molecule is Cc1cc(C)cc(Oc2ccc(C#N)cc2S(=O)(=O)N2CCNCC2)c1.Cc1ccc(S(=O)(=O)N2CCN(S(=O)(=O)c3cc(C#N)ccc3Oc3cc(C)cc(C)c3)CC2)cc1. The number of nitrogens with zero attached hydrogens (tertiary/aromatic N) is 5. The van der Waals surface area contributed by atoms with Crippen LogP contribution in [0, 0.1) is 57.3 Å². The minimum atomic E-state index is -4.07. The summed E-state index contributed by atoms with van der Waals surface area (Å²) in [5.74, 6) is 1.40. The van der Waals surface area contributed by atoms with E-state index in [0.717, 1.165) is 27.8 Å². The van der Waals surface area contributed by atoms with E-state index in [9.17, 15) is 35.8 Å². The summed E-state index contributed by atoms with van der Waals surface area (Å²) in [6.45, 7) is 11.6. The second kappa shape index (κ2) is 19.2. The lowest BCUT2D eigenvalue weighted by molar-refractivity contribution is 0.272. The number of nitrogens with one attached hydrogen (secondary N) is 1. The smallest absolute Gasteiger partial charge is 0.246 e. The molecule has 0 bridgehead atoms. The summed E-state index contributed by atoms with van der Waals surface area (Å²) in [5, 5.41) is 21.7. The van der Waals surface area contributed by atoms with E-state index in [1.807, 2.05) is 71.0 Å². The largest absolute Gasteiger partial charge is 0.456 e. The number of ether oxygens (including phenoxy) is 2. The predicted octanol–water partition coefficient (Wildman–Crippen LogP) is 6.53. The molecule has 0 radical (unpaired) electrons. The minimum Gasteiger partial charge on any atom is -0.456 e. The molecule has 0 spiro atoms. The molecule has 2 fully saturated rings. The molecule has 7 rings (SSSR count). The quantitative estimate of drug-likeness (QED) is 0.160. The lowest BCUT2D eigenvalue weighted by atomic mass is 10.1. The first-order valence-electron chi connectivity index (χ1n) is 19.8. The molecule has 2 aliphatic heterocycles. The first-order chi connectivity index (χ1) is 29.4. The van der Waals surface area contributed by atoms with E-state index >= 15 is 0 Å². The third kappa shape index (κ3) is 10.7. The molecule has 2 saturated heterocycles. The van der Waals surface area contributed by atoms with Gasteiger partial charge in [-0.3, -0.25) is 0 Å². The van der Waals surface area contributed by atoms with Gasteiger partial charge in [0.05, 0.1) is 28.2 Å². The van der Waals surface area contributed by atoms with Crippen LogP contribution in [0.1, 0.15) is 38.9 Å². The number of sulfonamides is 3. The summed E-state index contributed by atoms with van der Waals surface area (Å²) >= 11 is 0. The Labute approximate surface area is 364 Å². The average molecular weight is 897 g/mol. The fraction of sp³-hybridized carbons (Fsp3) is 0.289. The molecule has 17 heteroatoms. The van der Waals surface area contributed by atoms with Crippen LogP contribution in [-0.4, -0.2) is 90.5 Å². The van der Waals surface area contributed by atoms with Crippen molar-refractivity contribution in [1.82, 2.24) is 18.2 Å². The fourth-order valence-electron chi connectivity index (χ4n) is 7.14. The first kappa shape index (κ1) is 45.9. The molecule has 1 N–H and O–H groups in total. The second-order valence-electron chi connectivity index (χ2n) is 15.2. The van der Waals surface area contributed by atoms with Gasteiger partial charge < -0.3 is 14.8 Å². The van der Waals surface area contributed by atoms with E-state index in [-0.39, 0.29) is 63.5 Å². The van der Waals surface area contributed by atoms with E-state index in [2.05, 4.69) is 5.32 Å². The van der Waals surface area contributed by atoms with Crippen LogP contribution in [0.15, 0.2) is 112 Å². The van der Waals surface area contributed by atoms with Crippen molar-refractivity contribution < 1.29 is 34.7 Å². The number of benzene rings is 5. The third-order valence-electron chi connectivity index (χ3n) is 10.2. The zero-order valence-corrected chi connectivity index (χ0v) is 37.6. The second-order valence-corrected chi connectivity index (χ2v) is 20.9. The van der Waals surface area contributed by atoms with Crippen molar-refractivity contribution in [2.24, 2.45) is 0 Å². The Morgan fingerprint density at radius 1 is 0.468 bits per heavy atom. The standard InChI is InChI=1S/C26H27N3O5S2.C19H21N3O3S/c1-19-4-7-24(8-5-19)35(30,31)28-10-12-29(13-11-28)36(32,33)26-17-22(18-27)6-9-25(26)34-23-15-20(2)14-21(3)16-23;1-14-9-15(2)11-17(10-14)25-18-4-3-16(13-20)12-19(18)26(23,24)22-7-5-21-6-8-22/h4-9,14-17H,10-13H2,1-3H3;3-4,9-12,21H,5-8H2,1-2H3. The van der Waals surface area contributed by atoms with Gasteiger partial charge in [0.25, 0.3) is 0 Å². The first-order valence-corrected chi connectivity index (χ1v) is 24.1. The van der Waals surface area contributed by atoms with Crippen LogP contribution in [0.2, 0.25) is 0 Å². The number of nitriles is 2. The lowest BCUT2D eigenvalue weighted by Crippen LogP contribution is -2.50. The summed E-state index contributed by atoms with van der Waals surface area (Å²) in [6.07, 6.45) is 0. The molecule has 0 aliphatic carbocycles. The zero-order valence-electron chi connectivity index (χ0n) is 35.1. The van der Waals surface area contributed by atoms with E-state index in [1.165, 1.54) is 37.2 Å². The van der Waals surface area contributed by atoms with E-state index < -0.39 is 30.1 Å². The summed E-state index contributed by atoms with van der Waals surface area (Å²) < 4.78 is 95.4. The van der Waals surface area contributed by atoms with Gasteiger partial charge in [0.2, 0.25) is 30.1 Å². The van der Waals surface area contributed by atoms with Gasteiger partial charge in [0.1, 0.15) is 32.8 Å². The van der Waals surface area contributed by atoms with Crippen LogP contribution >= 0.6 is 0 Å². The molecule has 0 aromatic heterocycles. The Kier molecular flexibility index (Phi) is 14.2. The van der Waals surface area contributed by atoms with Crippen molar-refractivity contribution in [2.45, 2.75) is 49.3 Å². The maximum absolute atomic E-state index is 13.6. The Morgan fingerprint density at radius 3 is 1.23 bits per heavy atom. The maximum atomic E-state index is 13.6. The van der Waals surface area contributed by atoms with Crippen LogP contribution in [0.3, 0.4) is 0 Å². The molecular formula is C45H48N6O8S3. The molecule has 5 aromatic carbocycles. The van der Waals surface area contributed by atoms with Gasteiger partial charge >= 0.3 is 0 Å². The van der Waals surface area contributed by atoms with E-state index in [0.29, 0.717) is 37.7 Å². The fourth-order valence-corrected chi connectivity index (χ4v) is 11.7.